The highest BCUT2D eigenvalue weighted by molar-refractivity contribution is 5.99. The van der Waals surface area contributed by atoms with Crippen LogP contribution in [0.5, 0.6) is 0 Å². The Balaban J connectivity index is 2.18. The van der Waals surface area contributed by atoms with Crippen LogP contribution in [0, 0.1) is 5.92 Å². The maximum Gasteiger partial charge on any atom is 0.106 e. The Morgan fingerprint density at radius 1 is 1.54 bits per heavy atom. The van der Waals surface area contributed by atoms with Crippen LogP contribution < -0.4 is 0 Å². The second kappa shape index (κ2) is 3.32. The minimum Gasteiger partial charge on any atom is -0.287 e. The van der Waals surface area contributed by atoms with E-state index in [9.17, 15) is 0 Å². The van der Waals surface area contributed by atoms with Gasteiger partial charge in [-0.25, -0.2) is 0 Å². The summed E-state index contributed by atoms with van der Waals surface area (Å²) < 4.78 is 1.83. The van der Waals surface area contributed by atoms with Crippen LogP contribution in [-0.2, 0) is 7.05 Å². The lowest BCUT2D eigenvalue weighted by atomic mass is 9.98. The van der Waals surface area contributed by atoms with Crippen molar-refractivity contribution in [3.63, 3.8) is 0 Å². The molecule has 0 fully saturated rings. The smallest absolute Gasteiger partial charge is 0.106 e. The number of hydrogen-bond donors (Lipinski definition) is 0. The number of aliphatic imine (C=N–C) groups is 1. The van der Waals surface area contributed by atoms with Crippen molar-refractivity contribution in [3.8, 4) is 0 Å². The first-order valence-corrected chi connectivity index (χ1v) is 4.79. The van der Waals surface area contributed by atoms with Gasteiger partial charge in [-0.1, -0.05) is 6.92 Å². The molecule has 1 aliphatic heterocycles. The van der Waals surface area contributed by atoms with E-state index >= 15 is 0 Å². The van der Waals surface area contributed by atoms with Crippen LogP contribution in [0.25, 0.3) is 0 Å². The summed E-state index contributed by atoms with van der Waals surface area (Å²) in [5, 5.41) is 4.35. The zero-order chi connectivity index (χ0) is 9.26. The van der Waals surface area contributed by atoms with E-state index in [-0.39, 0.29) is 0 Å². The average Bonchev–Trinajstić information content (AvgIpc) is 2.53. The van der Waals surface area contributed by atoms with Crippen LogP contribution in [-0.4, -0.2) is 22.0 Å². The Labute approximate surface area is 78.5 Å². The van der Waals surface area contributed by atoms with Crippen molar-refractivity contribution in [3.05, 3.63) is 18.0 Å². The summed E-state index contributed by atoms with van der Waals surface area (Å²) in [4.78, 5) is 4.53. The molecule has 1 aromatic rings. The topological polar surface area (TPSA) is 30.2 Å². The van der Waals surface area contributed by atoms with Crippen molar-refractivity contribution >= 4 is 5.71 Å². The highest BCUT2D eigenvalue weighted by Gasteiger charge is 2.14. The summed E-state index contributed by atoms with van der Waals surface area (Å²) in [5.41, 5.74) is 2.23. The number of aryl methyl sites for hydroxylation is 1. The predicted molar refractivity (Wildman–Crippen MR) is 53.0 cm³/mol. The van der Waals surface area contributed by atoms with Crippen LogP contribution >= 0.6 is 0 Å². The first-order valence-electron chi connectivity index (χ1n) is 4.79. The normalized spacial score (nSPS) is 22.9. The Morgan fingerprint density at radius 2 is 2.38 bits per heavy atom. The fourth-order valence-corrected chi connectivity index (χ4v) is 1.60. The van der Waals surface area contributed by atoms with Gasteiger partial charge < -0.3 is 0 Å². The maximum atomic E-state index is 4.53. The molecular weight excluding hydrogens is 162 g/mol. The van der Waals surface area contributed by atoms with Crippen LogP contribution in [0.15, 0.2) is 17.3 Å². The molecule has 0 saturated carbocycles. The minimum atomic E-state index is 0.743. The molecule has 0 aromatic carbocycles. The molecule has 1 unspecified atom stereocenters. The second-order valence-electron chi connectivity index (χ2n) is 3.81. The summed E-state index contributed by atoms with van der Waals surface area (Å²) in [6, 6.07) is 2.04. The van der Waals surface area contributed by atoms with Gasteiger partial charge in [0.05, 0.1) is 5.71 Å². The molecule has 1 atom stereocenters. The third-order valence-electron chi connectivity index (χ3n) is 2.48. The standard InChI is InChI=1S/C10H15N3/c1-8-3-4-9(11-7-8)10-5-6-13(2)12-10/h5-6,8H,3-4,7H2,1-2H3. The van der Waals surface area contributed by atoms with Crippen molar-refractivity contribution < 1.29 is 0 Å². The Kier molecular flexibility index (Phi) is 2.17. The molecule has 0 radical (unpaired) electrons. The van der Waals surface area contributed by atoms with E-state index in [1.807, 2.05) is 24.0 Å². The summed E-state index contributed by atoms with van der Waals surface area (Å²) in [7, 11) is 1.94. The zero-order valence-corrected chi connectivity index (χ0v) is 8.20. The van der Waals surface area contributed by atoms with Gasteiger partial charge in [-0.05, 0) is 24.8 Å². The molecule has 3 nitrogen and oxygen atoms in total. The molecule has 1 aromatic heterocycles. The number of nitrogens with zero attached hydrogens (tertiary/aromatic N) is 3. The van der Waals surface area contributed by atoms with Crippen molar-refractivity contribution in [2.45, 2.75) is 19.8 Å². The van der Waals surface area contributed by atoms with Gasteiger partial charge in [0, 0.05) is 19.8 Å². The molecule has 0 amide bonds. The van der Waals surface area contributed by atoms with Crippen molar-refractivity contribution in [2.75, 3.05) is 6.54 Å². The number of hydrogen-bond acceptors (Lipinski definition) is 2. The molecule has 13 heavy (non-hydrogen) atoms. The van der Waals surface area contributed by atoms with E-state index in [2.05, 4.69) is 17.0 Å². The Bertz CT molecular complexity index is 325. The lowest BCUT2D eigenvalue weighted by molar-refractivity contribution is 0.537. The van der Waals surface area contributed by atoms with Gasteiger partial charge in [0.25, 0.3) is 0 Å². The Hall–Kier alpha value is -1.12. The van der Waals surface area contributed by atoms with E-state index in [0.29, 0.717) is 0 Å². The average molecular weight is 177 g/mol. The number of aromatic nitrogens is 2. The third-order valence-corrected chi connectivity index (χ3v) is 2.48. The van der Waals surface area contributed by atoms with Gasteiger partial charge in [0.2, 0.25) is 0 Å². The molecule has 1 aliphatic rings. The molecule has 70 valence electrons. The van der Waals surface area contributed by atoms with Gasteiger partial charge in [-0.2, -0.15) is 5.10 Å². The maximum absolute atomic E-state index is 4.53. The van der Waals surface area contributed by atoms with Crippen LogP contribution in [0.4, 0.5) is 0 Å². The molecule has 0 bridgehead atoms. The van der Waals surface area contributed by atoms with Gasteiger partial charge in [0.1, 0.15) is 5.69 Å². The SMILES string of the molecule is CC1CCC(c2ccn(C)n2)=NC1. The molecule has 2 heterocycles. The van der Waals surface area contributed by atoms with E-state index in [1.54, 1.807) is 0 Å². The molecule has 2 rings (SSSR count). The quantitative estimate of drug-likeness (QED) is 0.641. The zero-order valence-electron chi connectivity index (χ0n) is 8.20. The summed E-state index contributed by atoms with van der Waals surface area (Å²) in [6.45, 7) is 3.21. The van der Waals surface area contributed by atoms with Crippen LogP contribution in [0.2, 0.25) is 0 Å². The lowest BCUT2D eigenvalue weighted by Crippen LogP contribution is -2.14. The fourth-order valence-electron chi connectivity index (χ4n) is 1.60. The van der Waals surface area contributed by atoms with E-state index in [1.165, 1.54) is 12.1 Å². The first kappa shape index (κ1) is 8.48. The van der Waals surface area contributed by atoms with Crippen molar-refractivity contribution in [1.29, 1.82) is 0 Å². The first-order chi connectivity index (χ1) is 6.25. The molecule has 0 aliphatic carbocycles. The van der Waals surface area contributed by atoms with Gasteiger partial charge >= 0.3 is 0 Å². The van der Waals surface area contributed by atoms with Gasteiger partial charge in [0.15, 0.2) is 0 Å². The Morgan fingerprint density at radius 3 is 2.92 bits per heavy atom. The summed E-state index contributed by atoms with van der Waals surface area (Å²) in [6.07, 6.45) is 4.30. The summed E-state index contributed by atoms with van der Waals surface area (Å²) in [5.74, 6) is 0.743. The highest BCUT2D eigenvalue weighted by atomic mass is 15.2. The van der Waals surface area contributed by atoms with Gasteiger partial charge in [-0.15, -0.1) is 0 Å². The molecule has 0 spiro atoms. The number of rotatable bonds is 1. The minimum absolute atomic E-state index is 0.743. The second-order valence-corrected chi connectivity index (χ2v) is 3.81. The third kappa shape index (κ3) is 1.79. The largest absolute Gasteiger partial charge is 0.287 e. The molecular formula is C10H15N3. The van der Waals surface area contributed by atoms with Crippen molar-refractivity contribution in [1.82, 2.24) is 9.78 Å². The molecule has 0 N–H and O–H groups in total. The van der Waals surface area contributed by atoms with E-state index in [4.69, 9.17) is 0 Å². The lowest BCUT2D eigenvalue weighted by Gasteiger charge is -2.15. The monoisotopic (exact) mass is 177 g/mol. The van der Waals surface area contributed by atoms with E-state index < -0.39 is 0 Å². The predicted octanol–water partition coefficient (Wildman–Crippen LogP) is 1.64. The van der Waals surface area contributed by atoms with Crippen LogP contribution in [0.3, 0.4) is 0 Å². The molecule has 3 heteroatoms. The van der Waals surface area contributed by atoms with E-state index in [0.717, 1.165) is 24.6 Å². The van der Waals surface area contributed by atoms with Crippen molar-refractivity contribution in [2.24, 2.45) is 18.0 Å². The highest BCUT2D eigenvalue weighted by Crippen LogP contribution is 2.16. The fraction of sp³-hybridized carbons (Fsp3) is 0.600. The van der Waals surface area contributed by atoms with Crippen LogP contribution in [0.1, 0.15) is 25.5 Å². The summed E-state index contributed by atoms with van der Waals surface area (Å²) >= 11 is 0. The molecule has 0 saturated heterocycles. The van der Waals surface area contributed by atoms with Gasteiger partial charge in [-0.3, -0.25) is 9.67 Å².